The SMILES string of the molecule is C.C.C.C.C.C.C.CC1=CC(C)C(C)C1.CC1CC(C)C(C)C1.CC1CC2CC(C)C(C)CC2C1. The highest BCUT2D eigenvalue weighted by Gasteiger charge is 2.38. The van der Waals surface area contributed by atoms with Crippen LogP contribution in [0.25, 0.3) is 0 Å². The first-order chi connectivity index (χ1) is 13.1. The molecule has 0 aromatic rings. The molecule has 0 amide bonds. The minimum atomic E-state index is 0. The summed E-state index contributed by atoms with van der Waals surface area (Å²) in [4.78, 5) is 0. The predicted octanol–water partition coefficient (Wildman–Crippen LogP) is 13.5. The van der Waals surface area contributed by atoms with Crippen molar-refractivity contribution in [2.24, 2.45) is 59.2 Å². The van der Waals surface area contributed by atoms with Gasteiger partial charge in [0.15, 0.2) is 0 Å². The lowest BCUT2D eigenvalue weighted by atomic mass is 9.71. The summed E-state index contributed by atoms with van der Waals surface area (Å²) in [5.41, 5.74) is 1.57. The van der Waals surface area contributed by atoms with Crippen LogP contribution >= 0.6 is 0 Å². The molecule has 0 aromatic carbocycles. The van der Waals surface area contributed by atoms with Crippen LogP contribution in [0.3, 0.4) is 0 Å². The Morgan fingerprint density at radius 3 is 0.971 bits per heavy atom. The fourth-order valence-electron chi connectivity index (χ4n) is 6.72. The maximum Gasteiger partial charge on any atom is -0.0231 e. The molecule has 4 rings (SSSR count). The van der Waals surface area contributed by atoms with E-state index in [-0.39, 0.29) is 52.0 Å². The van der Waals surface area contributed by atoms with E-state index in [9.17, 15) is 0 Å². The molecule has 0 heteroatoms. The minimum Gasteiger partial charge on any atom is -0.0825 e. The van der Waals surface area contributed by atoms with Crippen molar-refractivity contribution < 1.29 is 0 Å². The maximum absolute atomic E-state index is 2.45. The highest BCUT2D eigenvalue weighted by Crippen LogP contribution is 2.48. The molecule has 0 saturated heterocycles. The van der Waals surface area contributed by atoms with Gasteiger partial charge >= 0.3 is 0 Å². The molecule has 0 N–H and O–H groups in total. The van der Waals surface area contributed by atoms with Gasteiger partial charge in [0, 0.05) is 0 Å². The first kappa shape index (κ1) is 47.9. The van der Waals surface area contributed by atoms with Gasteiger partial charge in [-0.25, -0.2) is 0 Å². The zero-order valence-electron chi connectivity index (χ0n) is 20.8. The summed E-state index contributed by atoms with van der Waals surface area (Å²) in [5.74, 6) is 9.93. The van der Waals surface area contributed by atoms with Crippen LogP contribution in [0.1, 0.15) is 159 Å². The molecule has 0 nitrogen and oxygen atoms in total. The summed E-state index contributed by atoms with van der Waals surface area (Å²) in [6.07, 6.45) is 12.7. The molecule has 0 bridgehead atoms. The van der Waals surface area contributed by atoms with Gasteiger partial charge in [-0.15, -0.1) is 0 Å². The lowest BCUT2D eigenvalue weighted by Gasteiger charge is -2.34. The van der Waals surface area contributed by atoms with E-state index >= 15 is 0 Å². The van der Waals surface area contributed by atoms with Gasteiger partial charge in [0.1, 0.15) is 0 Å². The molecule has 0 heterocycles. The smallest absolute Gasteiger partial charge is 0.0231 e. The van der Waals surface area contributed by atoms with Gasteiger partial charge < -0.3 is 0 Å². The van der Waals surface area contributed by atoms with E-state index < -0.39 is 0 Å². The Hall–Kier alpha value is -0.260. The fraction of sp³-hybridized carbons (Fsp3) is 0.943. The van der Waals surface area contributed by atoms with Gasteiger partial charge in [-0.2, -0.15) is 0 Å². The summed E-state index contributed by atoms with van der Waals surface area (Å²) in [7, 11) is 0. The van der Waals surface area contributed by atoms with Crippen LogP contribution in [-0.2, 0) is 0 Å². The summed E-state index contributed by atoms with van der Waals surface area (Å²) in [6, 6.07) is 0. The summed E-state index contributed by atoms with van der Waals surface area (Å²) >= 11 is 0. The molecule has 4 aliphatic carbocycles. The molecular weight excluding hydrogens is 420 g/mol. The van der Waals surface area contributed by atoms with Crippen molar-refractivity contribution in [2.75, 3.05) is 0 Å². The fourth-order valence-corrected chi connectivity index (χ4v) is 6.72. The lowest BCUT2D eigenvalue weighted by Crippen LogP contribution is -2.25. The van der Waals surface area contributed by atoms with Gasteiger partial charge in [0.25, 0.3) is 0 Å². The Bertz CT molecular complexity index is 460. The third-order valence-electron chi connectivity index (χ3n) is 9.01. The third-order valence-corrected chi connectivity index (χ3v) is 9.01. The molecule has 3 saturated carbocycles. The number of hydrogen-bond acceptors (Lipinski definition) is 0. The van der Waals surface area contributed by atoms with Crippen LogP contribution in [0.15, 0.2) is 11.6 Å². The largest absolute Gasteiger partial charge is 0.0825 e. The summed E-state index contributed by atoms with van der Waals surface area (Å²) < 4.78 is 0. The second-order valence-corrected chi connectivity index (χ2v) is 12.1. The lowest BCUT2D eigenvalue weighted by molar-refractivity contribution is 0.157. The minimum absolute atomic E-state index is 0. The van der Waals surface area contributed by atoms with E-state index in [1.54, 1.807) is 5.57 Å². The van der Waals surface area contributed by atoms with E-state index in [0.717, 1.165) is 59.2 Å². The van der Waals surface area contributed by atoms with E-state index in [1.165, 1.54) is 44.9 Å². The van der Waals surface area contributed by atoms with Gasteiger partial charge in [-0.3, -0.25) is 0 Å². The van der Waals surface area contributed by atoms with Gasteiger partial charge in [0.2, 0.25) is 0 Å². The Labute approximate surface area is 229 Å². The Kier molecular flexibility index (Phi) is 29.8. The highest BCUT2D eigenvalue weighted by molar-refractivity contribution is 5.09. The van der Waals surface area contributed by atoms with Crippen molar-refractivity contribution >= 4 is 0 Å². The van der Waals surface area contributed by atoms with Crippen LogP contribution in [0.4, 0.5) is 0 Å². The Morgan fingerprint density at radius 2 is 0.771 bits per heavy atom. The molecule has 0 aromatic heterocycles. The van der Waals surface area contributed by atoms with E-state index in [2.05, 4.69) is 68.4 Å². The second kappa shape index (κ2) is 21.8. The topological polar surface area (TPSA) is 0 Å². The molecule has 220 valence electrons. The maximum atomic E-state index is 2.45. The summed E-state index contributed by atoms with van der Waals surface area (Å²) in [5, 5.41) is 0. The first-order valence-corrected chi connectivity index (χ1v) is 12.7. The van der Waals surface area contributed by atoms with Crippen LogP contribution < -0.4 is 0 Å². The van der Waals surface area contributed by atoms with Crippen molar-refractivity contribution in [3.8, 4) is 0 Å². The van der Waals surface area contributed by atoms with E-state index in [4.69, 9.17) is 0 Å². The number of fused-ring (bicyclic) bond motifs is 1. The summed E-state index contributed by atoms with van der Waals surface area (Å²) in [6.45, 7) is 21.3. The zero-order chi connectivity index (χ0) is 21.0. The molecule has 0 aliphatic heterocycles. The van der Waals surface area contributed by atoms with Gasteiger partial charge in [-0.05, 0) is 111 Å². The van der Waals surface area contributed by atoms with Crippen molar-refractivity contribution in [1.29, 1.82) is 0 Å². The number of rotatable bonds is 0. The van der Waals surface area contributed by atoms with Crippen molar-refractivity contribution in [3.63, 3.8) is 0 Å². The second-order valence-electron chi connectivity index (χ2n) is 12.1. The first-order valence-electron chi connectivity index (χ1n) is 12.7. The molecule has 8 atom stereocenters. The quantitative estimate of drug-likeness (QED) is 0.290. The van der Waals surface area contributed by atoms with Gasteiger partial charge in [0.05, 0.1) is 0 Å². The molecule has 3 fully saturated rings. The van der Waals surface area contributed by atoms with Crippen LogP contribution in [0, 0.1) is 59.2 Å². The standard InChI is InChI=1S/C12H22.C8H16.C8H14.7CH4/c1-8-4-11-6-9(2)10(3)7-12(11)5-8;2*1-6-4-7(2)8(3)5-6;;;;;;;/h8-12H,4-7H2,1-3H3;6-8H,4-5H2,1-3H3;4,7-8H,5H2,1-3H3;7*1H4. The van der Waals surface area contributed by atoms with Crippen molar-refractivity contribution in [3.05, 3.63) is 11.6 Å². The number of hydrogen-bond donors (Lipinski definition) is 0. The zero-order valence-corrected chi connectivity index (χ0v) is 20.8. The molecule has 4 aliphatic rings. The molecule has 0 spiro atoms. The van der Waals surface area contributed by atoms with Crippen LogP contribution in [-0.4, -0.2) is 0 Å². The van der Waals surface area contributed by atoms with Crippen LogP contribution in [0.5, 0.6) is 0 Å². The molecular formula is C35H80. The predicted molar refractivity (Wildman–Crippen MR) is 173 cm³/mol. The van der Waals surface area contributed by atoms with Crippen LogP contribution in [0.2, 0.25) is 0 Å². The van der Waals surface area contributed by atoms with Gasteiger partial charge in [-0.1, -0.05) is 119 Å². The normalized spacial score (nSPS) is 37.9. The molecule has 35 heavy (non-hydrogen) atoms. The van der Waals surface area contributed by atoms with E-state index in [1.807, 2.05) is 0 Å². The average Bonchev–Trinajstić information content (AvgIpc) is 3.18. The Balaban J connectivity index is -0.0000000839. The van der Waals surface area contributed by atoms with Crippen molar-refractivity contribution in [2.45, 2.75) is 159 Å². The molecule has 8 unspecified atom stereocenters. The highest BCUT2D eigenvalue weighted by atomic mass is 14.4. The van der Waals surface area contributed by atoms with Crippen molar-refractivity contribution in [1.82, 2.24) is 0 Å². The van der Waals surface area contributed by atoms with E-state index in [0.29, 0.717) is 0 Å². The average molecular weight is 501 g/mol. The Morgan fingerprint density at radius 1 is 0.457 bits per heavy atom. The third kappa shape index (κ3) is 14.9. The number of allylic oxidation sites excluding steroid dienone is 2. The molecule has 0 radical (unpaired) electrons. The monoisotopic (exact) mass is 501 g/mol.